The summed E-state index contributed by atoms with van der Waals surface area (Å²) in [5, 5.41) is 3.04. The summed E-state index contributed by atoms with van der Waals surface area (Å²) < 4.78 is 5.22. The number of nitrogens with two attached hydrogens (primary N) is 1. The molecule has 5 nitrogen and oxygen atoms in total. The van der Waals surface area contributed by atoms with E-state index in [1.807, 2.05) is 38.4 Å². The number of rotatable bonds is 6. The first-order valence-electron chi connectivity index (χ1n) is 5.98. The van der Waals surface area contributed by atoms with Crippen LogP contribution in [0.1, 0.15) is 6.42 Å². The molecule has 0 aliphatic heterocycles. The molecule has 0 saturated heterocycles. The van der Waals surface area contributed by atoms with Crippen molar-refractivity contribution in [2.75, 3.05) is 39.6 Å². The Balaban J connectivity index is 2.48. The predicted molar refractivity (Wildman–Crippen MR) is 76.3 cm³/mol. The highest BCUT2D eigenvalue weighted by atomic mass is 16.5. The second kappa shape index (κ2) is 7.55. The van der Waals surface area contributed by atoms with Gasteiger partial charge in [-0.1, -0.05) is 12.1 Å². The molecule has 0 radical (unpaired) electrons. The van der Waals surface area contributed by atoms with Gasteiger partial charge < -0.3 is 20.7 Å². The molecule has 1 rings (SSSR count). The molecule has 0 amide bonds. The smallest absolute Gasteiger partial charge is 0.193 e. The zero-order chi connectivity index (χ0) is 13.4. The topological polar surface area (TPSA) is 62.9 Å². The summed E-state index contributed by atoms with van der Waals surface area (Å²) in [4.78, 5) is 6.39. The lowest BCUT2D eigenvalue weighted by atomic mass is 10.3. The third kappa shape index (κ3) is 5.05. The molecule has 0 aromatic heterocycles. The maximum absolute atomic E-state index is 5.82. The lowest BCUT2D eigenvalue weighted by Gasteiger charge is -2.10. The Morgan fingerprint density at radius 3 is 2.78 bits per heavy atom. The Morgan fingerprint density at radius 1 is 1.39 bits per heavy atom. The number of para-hydroxylation sites is 2. The molecule has 0 bridgehead atoms. The van der Waals surface area contributed by atoms with Crippen molar-refractivity contribution in [2.24, 2.45) is 10.7 Å². The number of guanidine groups is 1. The molecule has 0 atom stereocenters. The van der Waals surface area contributed by atoms with E-state index in [9.17, 15) is 0 Å². The molecular formula is C13H22N4O. The zero-order valence-electron chi connectivity index (χ0n) is 11.3. The number of nitrogens with zero attached hydrogens (tertiary/aromatic N) is 2. The third-order valence-electron chi connectivity index (χ3n) is 2.42. The van der Waals surface area contributed by atoms with E-state index in [0.29, 0.717) is 12.5 Å². The van der Waals surface area contributed by atoms with Crippen molar-refractivity contribution in [1.82, 2.24) is 4.90 Å². The minimum Gasteiger partial charge on any atom is -0.495 e. The molecule has 0 aliphatic rings. The lowest BCUT2D eigenvalue weighted by Crippen LogP contribution is -2.23. The number of methoxy groups -OCH3 is 1. The van der Waals surface area contributed by atoms with Crippen LogP contribution in [-0.2, 0) is 0 Å². The molecule has 0 spiro atoms. The van der Waals surface area contributed by atoms with Gasteiger partial charge in [0.05, 0.1) is 12.8 Å². The standard InChI is InChI=1S/C13H22N4O/c1-17(2)10-6-9-15-13(14)16-11-7-4-5-8-12(11)18-3/h4-5,7-8H,6,9-10H2,1-3H3,(H3,14,15,16). The Hall–Kier alpha value is -1.75. The highest BCUT2D eigenvalue weighted by Gasteiger charge is 2.01. The second-order valence-corrected chi connectivity index (χ2v) is 4.25. The Bertz CT molecular complexity index is 390. The van der Waals surface area contributed by atoms with Crippen LogP contribution >= 0.6 is 0 Å². The second-order valence-electron chi connectivity index (χ2n) is 4.25. The fourth-order valence-electron chi connectivity index (χ4n) is 1.51. The highest BCUT2D eigenvalue weighted by Crippen LogP contribution is 2.22. The average Bonchev–Trinajstić information content (AvgIpc) is 2.35. The molecule has 18 heavy (non-hydrogen) atoms. The molecule has 5 heteroatoms. The Kier molecular flexibility index (Phi) is 6.00. The van der Waals surface area contributed by atoms with Gasteiger partial charge in [0.2, 0.25) is 0 Å². The van der Waals surface area contributed by atoms with E-state index >= 15 is 0 Å². The van der Waals surface area contributed by atoms with Gasteiger partial charge in [0.25, 0.3) is 0 Å². The van der Waals surface area contributed by atoms with Crippen LogP contribution in [0.5, 0.6) is 5.75 Å². The minimum atomic E-state index is 0.415. The Labute approximate surface area is 109 Å². The summed E-state index contributed by atoms with van der Waals surface area (Å²) >= 11 is 0. The first kappa shape index (κ1) is 14.3. The van der Waals surface area contributed by atoms with E-state index in [1.165, 1.54) is 0 Å². The van der Waals surface area contributed by atoms with Crippen LogP contribution in [0.3, 0.4) is 0 Å². The van der Waals surface area contributed by atoms with Crippen molar-refractivity contribution >= 4 is 11.6 Å². The fourth-order valence-corrected chi connectivity index (χ4v) is 1.51. The third-order valence-corrected chi connectivity index (χ3v) is 2.42. The van der Waals surface area contributed by atoms with Crippen molar-refractivity contribution < 1.29 is 4.74 Å². The molecular weight excluding hydrogens is 228 g/mol. The number of hydrogen-bond acceptors (Lipinski definition) is 3. The molecule has 0 aliphatic carbocycles. The summed E-state index contributed by atoms with van der Waals surface area (Å²) in [6.07, 6.45) is 0.987. The van der Waals surface area contributed by atoms with Gasteiger partial charge in [-0.25, -0.2) is 0 Å². The van der Waals surface area contributed by atoms with E-state index in [2.05, 4.69) is 15.2 Å². The highest BCUT2D eigenvalue weighted by molar-refractivity contribution is 5.93. The fraction of sp³-hybridized carbons (Fsp3) is 0.462. The predicted octanol–water partition coefficient (Wildman–Crippen LogP) is 1.37. The molecule has 0 unspecified atom stereocenters. The van der Waals surface area contributed by atoms with E-state index in [-0.39, 0.29) is 0 Å². The van der Waals surface area contributed by atoms with E-state index in [4.69, 9.17) is 10.5 Å². The number of benzene rings is 1. The van der Waals surface area contributed by atoms with Gasteiger partial charge in [-0.05, 0) is 39.2 Å². The van der Waals surface area contributed by atoms with Crippen LogP contribution in [0, 0.1) is 0 Å². The summed E-state index contributed by atoms with van der Waals surface area (Å²) in [6.45, 7) is 1.72. The van der Waals surface area contributed by atoms with E-state index in [1.54, 1.807) is 7.11 Å². The zero-order valence-corrected chi connectivity index (χ0v) is 11.3. The van der Waals surface area contributed by atoms with Crippen LogP contribution in [0.25, 0.3) is 0 Å². The SMILES string of the molecule is COc1ccccc1NC(N)=NCCCN(C)C. The molecule has 0 fully saturated rings. The number of aliphatic imine (C=N–C) groups is 1. The van der Waals surface area contributed by atoms with Gasteiger partial charge in [-0.2, -0.15) is 0 Å². The van der Waals surface area contributed by atoms with Crippen LogP contribution in [-0.4, -0.2) is 45.2 Å². The van der Waals surface area contributed by atoms with Crippen LogP contribution in [0.15, 0.2) is 29.3 Å². The van der Waals surface area contributed by atoms with Gasteiger partial charge in [-0.3, -0.25) is 4.99 Å². The quantitative estimate of drug-likeness (QED) is 0.455. The van der Waals surface area contributed by atoms with Crippen molar-refractivity contribution in [3.8, 4) is 5.75 Å². The molecule has 100 valence electrons. The van der Waals surface area contributed by atoms with E-state index in [0.717, 1.165) is 24.4 Å². The molecule has 1 aromatic rings. The first-order chi connectivity index (χ1) is 8.63. The molecule has 0 heterocycles. The summed E-state index contributed by atoms with van der Waals surface area (Å²) in [5.74, 6) is 1.17. The molecule has 0 saturated carbocycles. The molecule has 3 N–H and O–H groups in total. The van der Waals surface area contributed by atoms with Crippen molar-refractivity contribution in [1.29, 1.82) is 0 Å². The summed E-state index contributed by atoms with van der Waals surface area (Å²) in [5.41, 5.74) is 6.64. The monoisotopic (exact) mass is 250 g/mol. The summed E-state index contributed by atoms with van der Waals surface area (Å²) in [7, 11) is 5.71. The van der Waals surface area contributed by atoms with Crippen molar-refractivity contribution in [3.63, 3.8) is 0 Å². The van der Waals surface area contributed by atoms with Gasteiger partial charge in [0, 0.05) is 6.54 Å². The van der Waals surface area contributed by atoms with E-state index < -0.39 is 0 Å². The normalized spacial score (nSPS) is 11.7. The lowest BCUT2D eigenvalue weighted by molar-refractivity contribution is 0.403. The van der Waals surface area contributed by atoms with Gasteiger partial charge >= 0.3 is 0 Å². The minimum absolute atomic E-state index is 0.415. The van der Waals surface area contributed by atoms with Gasteiger partial charge in [0.1, 0.15) is 5.75 Å². The summed E-state index contributed by atoms with van der Waals surface area (Å²) in [6, 6.07) is 7.61. The van der Waals surface area contributed by atoms with Crippen LogP contribution < -0.4 is 15.8 Å². The molecule has 1 aromatic carbocycles. The average molecular weight is 250 g/mol. The van der Waals surface area contributed by atoms with Crippen LogP contribution in [0.2, 0.25) is 0 Å². The number of ether oxygens (including phenoxy) is 1. The number of anilines is 1. The van der Waals surface area contributed by atoms with Gasteiger partial charge in [0.15, 0.2) is 5.96 Å². The maximum atomic E-state index is 5.82. The Morgan fingerprint density at radius 2 is 2.11 bits per heavy atom. The maximum Gasteiger partial charge on any atom is 0.193 e. The van der Waals surface area contributed by atoms with Gasteiger partial charge in [-0.15, -0.1) is 0 Å². The van der Waals surface area contributed by atoms with Crippen molar-refractivity contribution in [2.45, 2.75) is 6.42 Å². The van der Waals surface area contributed by atoms with Crippen LogP contribution in [0.4, 0.5) is 5.69 Å². The number of hydrogen-bond donors (Lipinski definition) is 2. The van der Waals surface area contributed by atoms with Crippen molar-refractivity contribution in [3.05, 3.63) is 24.3 Å². The largest absolute Gasteiger partial charge is 0.495 e. The number of nitrogens with one attached hydrogen (secondary N) is 1. The first-order valence-corrected chi connectivity index (χ1v) is 5.98.